The molecule has 0 unspecified atom stereocenters. The lowest BCUT2D eigenvalue weighted by molar-refractivity contribution is -0.155. The van der Waals surface area contributed by atoms with Crippen molar-refractivity contribution < 1.29 is 23.5 Å². The fourth-order valence-corrected chi connectivity index (χ4v) is 12.7. The van der Waals surface area contributed by atoms with Gasteiger partial charge in [0.15, 0.2) is 8.32 Å². The van der Waals surface area contributed by atoms with Gasteiger partial charge in [-0.2, -0.15) is 0 Å². The molecule has 0 saturated carbocycles. The van der Waals surface area contributed by atoms with Crippen LogP contribution in [0, 0.1) is 5.92 Å². The monoisotopic (exact) mass is 597 g/mol. The molecule has 1 N–H and O–H groups in total. The van der Waals surface area contributed by atoms with Crippen molar-refractivity contribution in [3.63, 3.8) is 0 Å². The number of thioether (sulfide) groups is 1. The number of carbonyl (C=O) groups is 2. The standard InChI is InChI=1S/C31H43NO5SSi2/c1-21(36-39(8,9)30(2,3)4)25-27(34)32-26(24(20-33)38-28(25)32)29(35)37-40(31(5,6)7,22-16-12-10-13-17-22)23-18-14-11-15-19-23/h10-19,21,25,28,33H,20H2,1-9H3/t21-,25+,28-/m1/s1. The number of aliphatic hydroxyl groups excluding tert-OH is 1. The summed E-state index contributed by atoms with van der Waals surface area (Å²) >= 11 is 1.38. The van der Waals surface area contributed by atoms with Gasteiger partial charge in [0, 0.05) is 4.91 Å². The molecule has 2 heterocycles. The zero-order chi connectivity index (χ0) is 29.7. The number of hydrogen-bond acceptors (Lipinski definition) is 6. The Labute approximate surface area is 245 Å². The maximum atomic E-state index is 14.2. The zero-order valence-electron chi connectivity index (χ0n) is 25.1. The summed E-state index contributed by atoms with van der Waals surface area (Å²) in [6, 6.07) is 19.9. The Morgan fingerprint density at radius 2 is 1.45 bits per heavy atom. The minimum absolute atomic E-state index is 0.00975. The average Bonchev–Trinajstić information content (AvgIpc) is 3.21. The number of fused-ring (bicyclic) bond motifs is 1. The lowest BCUT2D eigenvalue weighted by atomic mass is 9.92. The number of hydrogen-bond donors (Lipinski definition) is 1. The average molecular weight is 598 g/mol. The third kappa shape index (κ3) is 5.15. The first kappa shape index (κ1) is 30.8. The third-order valence-corrected chi connectivity index (χ3v) is 19.5. The molecule has 0 aliphatic carbocycles. The van der Waals surface area contributed by atoms with Crippen LogP contribution in [0.25, 0.3) is 0 Å². The summed E-state index contributed by atoms with van der Waals surface area (Å²) < 4.78 is 13.3. The van der Waals surface area contributed by atoms with Crippen molar-refractivity contribution in [2.45, 2.75) is 83.1 Å². The molecule has 4 rings (SSSR count). The Morgan fingerprint density at radius 1 is 0.950 bits per heavy atom. The Bertz CT molecular complexity index is 1240. The van der Waals surface area contributed by atoms with E-state index in [4.69, 9.17) is 8.85 Å². The first-order valence-electron chi connectivity index (χ1n) is 13.9. The summed E-state index contributed by atoms with van der Waals surface area (Å²) in [5.41, 5.74) is 0.172. The van der Waals surface area contributed by atoms with E-state index >= 15 is 0 Å². The van der Waals surface area contributed by atoms with Crippen LogP contribution in [-0.2, 0) is 18.4 Å². The molecule has 0 bridgehead atoms. The van der Waals surface area contributed by atoms with Crippen LogP contribution in [0.4, 0.5) is 0 Å². The van der Waals surface area contributed by atoms with E-state index in [0.29, 0.717) is 4.91 Å². The van der Waals surface area contributed by atoms with Gasteiger partial charge < -0.3 is 14.0 Å². The van der Waals surface area contributed by atoms with Crippen molar-refractivity contribution in [2.75, 3.05) is 6.61 Å². The van der Waals surface area contributed by atoms with Gasteiger partial charge in [-0.25, -0.2) is 4.79 Å². The summed E-state index contributed by atoms with van der Waals surface area (Å²) in [6.45, 7) is 18.8. The highest BCUT2D eigenvalue weighted by Gasteiger charge is 2.61. The quantitative estimate of drug-likeness (QED) is 0.332. The number of rotatable bonds is 8. The second kappa shape index (κ2) is 10.9. The van der Waals surface area contributed by atoms with Gasteiger partial charge in [0.1, 0.15) is 11.1 Å². The minimum Gasteiger partial charge on any atom is -0.505 e. The van der Waals surface area contributed by atoms with Crippen LogP contribution in [-0.4, -0.2) is 56.6 Å². The summed E-state index contributed by atoms with van der Waals surface area (Å²) in [7, 11) is -5.30. The summed E-state index contributed by atoms with van der Waals surface area (Å²) in [4.78, 5) is 29.9. The Morgan fingerprint density at radius 3 is 1.88 bits per heavy atom. The van der Waals surface area contributed by atoms with E-state index in [1.807, 2.05) is 67.6 Å². The molecule has 0 radical (unpaired) electrons. The molecule has 216 valence electrons. The van der Waals surface area contributed by atoms with E-state index < -0.39 is 27.6 Å². The fraction of sp³-hybridized carbons (Fsp3) is 0.484. The maximum Gasteiger partial charge on any atom is 0.343 e. The largest absolute Gasteiger partial charge is 0.505 e. The zero-order valence-corrected chi connectivity index (χ0v) is 28.0. The number of amides is 1. The molecule has 2 aromatic rings. The second-order valence-electron chi connectivity index (χ2n) is 13.3. The van der Waals surface area contributed by atoms with Crippen molar-refractivity contribution >= 4 is 50.6 Å². The highest BCUT2D eigenvalue weighted by Crippen LogP contribution is 2.52. The van der Waals surface area contributed by atoms with Crippen LogP contribution in [0.1, 0.15) is 48.5 Å². The van der Waals surface area contributed by atoms with Crippen LogP contribution in [0.2, 0.25) is 23.2 Å². The topological polar surface area (TPSA) is 76.1 Å². The predicted molar refractivity (Wildman–Crippen MR) is 167 cm³/mol. The molecule has 9 heteroatoms. The van der Waals surface area contributed by atoms with Gasteiger partial charge in [0.05, 0.1) is 18.6 Å². The van der Waals surface area contributed by atoms with Gasteiger partial charge in [0.25, 0.3) is 0 Å². The van der Waals surface area contributed by atoms with Crippen LogP contribution < -0.4 is 10.4 Å². The number of benzene rings is 2. The highest BCUT2D eigenvalue weighted by atomic mass is 32.2. The second-order valence-corrected chi connectivity index (χ2v) is 23.5. The van der Waals surface area contributed by atoms with E-state index in [-0.39, 0.29) is 40.6 Å². The molecule has 6 nitrogen and oxygen atoms in total. The smallest absolute Gasteiger partial charge is 0.343 e. The van der Waals surface area contributed by atoms with Gasteiger partial charge in [-0.3, -0.25) is 9.69 Å². The summed E-state index contributed by atoms with van der Waals surface area (Å²) in [5, 5.41) is 11.6. The third-order valence-electron chi connectivity index (χ3n) is 8.64. The van der Waals surface area contributed by atoms with Crippen LogP contribution >= 0.6 is 11.8 Å². The van der Waals surface area contributed by atoms with Gasteiger partial charge in [-0.15, -0.1) is 0 Å². The van der Waals surface area contributed by atoms with Gasteiger partial charge in [-0.1, -0.05) is 114 Å². The van der Waals surface area contributed by atoms with Crippen molar-refractivity contribution in [2.24, 2.45) is 5.92 Å². The van der Waals surface area contributed by atoms with Crippen molar-refractivity contribution in [1.29, 1.82) is 0 Å². The normalized spacial score (nSPS) is 20.8. The van der Waals surface area contributed by atoms with E-state index in [9.17, 15) is 14.7 Å². The molecular weight excluding hydrogens is 555 g/mol. The molecule has 0 aromatic heterocycles. The van der Waals surface area contributed by atoms with Crippen LogP contribution in [0.15, 0.2) is 71.3 Å². The predicted octanol–water partition coefficient (Wildman–Crippen LogP) is 5.24. The Kier molecular flexibility index (Phi) is 8.39. The van der Waals surface area contributed by atoms with E-state index in [1.54, 1.807) is 0 Å². The number of aliphatic hydroxyl groups is 1. The van der Waals surface area contributed by atoms with Crippen LogP contribution in [0.5, 0.6) is 0 Å². The molecule has 2 aromatic carbocycles. The number of nitrogens with zero attached hydrogens (tertiary/aromatic N) is 1. The van der Waals surface area contributed by atoms with Crippen LogP contribution in [0.3, 0.4) is 0 Å². The molecule has 1 amide bonds. The number of β-lactam (4-membered cyclic amide) rings is 1. The number of carbonyl (C=O) groups excluding carboxylic acids is 2. The fourth-order valence-electron chi connectivity index (χ4n) is 5.49. The molecule has 1 saturated heterocycles. The van der Waals surface area contributed by atoms with Crippen molar-refractivity contribution in [3.05, 3.63) is 71.3 Å². The lowest BCUT2D eigenvalue weighted by Crippen LogP contribution is -2.68. The van der Waals surface area contributed by atoms with E-state index in [1.165, 1.54) is 16.7 Å². The highest BCUT2D eigenvalue weighted by molar-refractivity contribution is 8.04. The Hall–Kier alpha value is -2.18. The van der Waals surface area contributed by atoms with E-state index in [0.717, 1.165) is 10.4 Å². The minimum atomic E-state index is -3.20. The van der Waals surface area contributed by atoms with Gasteiger partial charge >= 0.3 is 14.3 Å². The summed E-state index contributed by atoms with van der Waals surface area (Å²) in [5.74, 6) is -1.10. The van der Waals surface area contributed by atoms with Gasteiger partial charge in [-0.05, 0) is 40.5 Å². The van der Waals surface area contributed by atoms with Gasteiger partial charge in [0.2, 0.25) is 5.91 Å². The Balaban J connectivity index is 1.69. The lowest BCUT2D eigenvalue weighted by Gasteiger charge is -2.48. The molecule has 3 atom stereocenters. The molecule has 0 spiro atoms. The first-order chi connectivity index (χ1) is 18.6. The molecule has 2 aliphatic rings. The SMILES string of the molecule is C[C@@H](O[Si](C)(C)C(C)(C)C)[C@H]1C(=O)N2C(C(=O)O[Si](c3ccccc3)(c3ccccc3)C(C)(C)C)=C(CO)S[C@H]12. The molecular formula is C31H43NO5SSi2. The van der Waals surface area contributed by atoms with Crippen molar-refractivity contribution in [1.82, 2.24) is 4.90 Å². The van der Waals surface area contributed by atoms with Crippen molar-refractivity contribution in [3.8, 4) is 0 Å². The summed E-state index contributed by atoms with van der Waals surface area (Å²) in [6.07, 6.45) is -0.297. The molecule has 40 heavy (non-hydrogen) atoms. The maximum absolute atomic E-state index is 14.2. The molecule has 2 aliphatic heterocycles. The first-order valence-corrected chi connectivity index (χ1v) is 19.6. The van der Waals surface area contributed by atoms with E-state index in [2.05, 4.69) is 54.6 Å². The molecule has 1 fully saturated rings.